The van der Waals surface area contributed by atoms with Gasteiger partial charge in [0.1, 0.15) is 5.78 Å². The Morgan fingerprint density at radius 1 is 1.36 bits per heavy atom. The minimum Gasteiger partial charge on any atom is -0.369 e. The van der Waals surface area contributed by atoms with Crippen molar-refractivity contribution in [3.63, 3.8) is 0 Å². The quantitative estimate of drug-likeness (QED) is 0.524. The van der Waals surface area contributed by atoms with E-state index in [1.807, 2.05) is 0 Å². The Labute approximate surface area is 65.9 Å². The van der Waals surface area contributed by atoms with Crippen molar-refractivity contribution in [2.45, 2.75) is 32.0 Å². The molecule has 3 fully saturated rings. The zero-order valence-corrected chi connectivity index (χ0v) is 6.62. The maximum Gasteiger partial charge on any atom is 0.133 e. The normalized spacial score (nSPS) is 57.7. The number of Topliss-reactive ketones (excluding diaryl/α,β-unsaturated/α-hetero) is 1. The lowest BCUT2D eigenvalue weighted by molar-refractivity contribution is -0.122. The first-order chi connectivity index (χ1) is 5.27. The van der Waals surface area contributed by atoms with Gasteiger partial charge in [0.05, 0.1) is 12.2 Å². The molecule has 0 aromatic heterocycles. The molecule has 2 saturated carbocycles. The molecule has 0 aromatic carbocycles. The predicted molar refractivity (Wildman–Crippen MR) is 39.0 cm³/mol. The van der Waals surface area contributed by atoms with Crippen molar-refractivity contribution in [3.05, 3.63) is 0 Å². The van der Waals surface area contributed by atoms with E-state index >= 15 is 0 Å². The van der Waals surface area contributed by atoms with E-state index in [1.54, 1.807) is 6.92 Å². The van der Waals surface area contributed by atoms with Crippen molar-refractivity contribution in [2.75, 3.05) is 0 Å². The first-order valence-electron chi connectivity index (χ1n) is 4.43. The van der Waals surface area contributed by atoms with Crippen LogP contribution in [-0.2, 0) is 9.53 Å². The minimum atomic E-state index is 0.351. The number of hydrogen-bond acceptors (Lipinski definition) is 2. The maximum absolute atomic E-state index is 11.1. The third-order valence-electron chi connectivity index (χ3n) is 3.62. The highest BCUT2D eigenvalue weighted by Crippen LogP contribution is 2.58. The molecule has 0 radical (unpaired) electrons. The lowest BCUT2D eigenvalue weighted by atomic mass is 9.86. The van der Waals surface area contributed by atoms with Gasteiger partial charge in [0, 0.05) is 5.92 Å². The Hall–Kier alpha value is -0.370. The molecular formula is C9H12O2. The summed E-state index contributed by atoms with van der Waals surface area (Å²) >= 11 is 0. The van der Waals surface area contributed by atoms with Gasteiger partial charge in [-0.05, 0) is 31.6 Å². The van der Waals surface area contributed by atoms with Crippen LogP contribution >= 0.6 is 0 Å². The molecule has 0 aromatic rings. The van der Waals surface area contributed by atoms with Crippen LogP contribution in [0.5, 0.6) is 0 Å². The van der Waals surface area contributed by atoms with E-state index in [0.717, 1.165) is 12.3 Å². The molecule has 1 aliphatic heterocycles. The zero-order valence-electron chi connectivity index (χ0n) is 6.62. The lowest BCUT2D eigenvalue weighted by Crippen LogP contribution is -2.23. The summed E-state index contributed by atoms with van der Waals surface area (Å²) in [5, 5.41) is 0. The highest BCUT2D eigenvalue weighted by molar-refractivity contribution is 5.79. The van der Waals surface area contributed by atoms with E-state index in [4.69, 9.17) is 4.74 Å². The monoisotopic (exact) mass is 152 g/mol. The molecule has 5 atom stereocenters. The molecule has 5 unspecified atom stereocenters. The Balaban J connectivity index is 1.87. The van der Waals surface area contributed by atoms with Crippen LogP contribution in [-0.4, -0.2) is 18.0 Å². The van der Waals surface area contributed by atoms with Gasteiger partial charge in [-0.2, -0.15) is 0 Å². The van der Waals surface area contributed by atoms with E-state index in [2.05, 4.69) is 0 Å². The summed E-state index contributed by atoms with van der Waals surface area (Å²) in [5.41, 5.74) is 0. The second-order valence-electron chi connectivity index (χ2n) is 4.18. The number of carbonyl (C=O) groups is 1. The second-order valence-corrected chi connectivity index (χ2v) is 4.18. The Morgan fingerprint density at radius 3 is 2.73 bits per heavy atom. The van der Waals surface area contributed by atoms with E-state index in [9.17, 15) is 4.79 Å². The maximum atomic E-state index is 11.1. The standard InChI is InChI=1S/C9H12O2/c1-4(10)6-2-5-3-7(6)9-8(5)11-9/h5-9H,2-3H2,1H3. The van der Waals surface area contributed by atoms with Crippen molar-refractivity contribution < 1.29 is 9.53 Å². The molecule has 60 valence electrons. The summed E-state index contributed by atoms with van der Waals surface area (Å²) in [6, 6.07) is 0. The average Bonchev–Trinajstić information content (AvgIpc) is 2.57. The van der Waals surface area contributed by atoms with Crippen LogP contribution < -0.4 is 0 Å². The average molecular weight is 152 g/mol. The van der Waals surface area contributed by atoms with Gasteiger partial charge in [-0.1, -0.05) is 0 Å². The molecule has 2 heteroatoms. The molecule has 1 saturated heterocycles. The molecule has 3 aliphatic rings. The van der Waals surface area contributed by atoms with Crippen LogP contribution in [0.4, 0.5) is 0 Å². The van der Waals surface area contributed by atoms with Gasteiger partial charge in [0.15, 0.2) is 0 Å². The highest BCUT2D eigenvalue weighted by atomic mass is 16.6. The smallest absolute Gasteiger partial charge is 0.133 e. The number of hydrogen-bond donors (Lipinski definition) is 0. The van der Waals surface area contributed by atoms with Crippen molar-refractivity contribution in [3.8, 4) is 0 Å². The molecule has 1 heterocycles. The molecule has 11 heavy (non-hydrogen) atoms. The Kier molecular flexibility index (Phi) is 0.947. The molecular weight excluding hydrogens is 140 g/mol. The van der Waals surface area contributed by atoms with Crippen molar-refractivity contribution >= 4 is 5.78 Å². The van der Waals surface area contributed by atoms with Gasteiger partial charge in [-0.15, -0.1) is 0 Å². The number of carbonyl (C=O) groups excluding carboxylic acids is 1. The van der Waals surface area contributed by atoms with Gasteiger partial charge in [-0.25, -0.2) is 0 Å². The summed E-state index contributed by atoms with van der Waals surface area (Å²) in [6.45, 7) is 1.72. The summed E-state index contributed by atoms with van der Waals surface area (Å²) in [5.74, 6) is 2.07. The van der Waals surface area contributed by atoms with Crippen LogP contribution in [0.1, 0.15) is 19.8 Å². The molecule has 2 nitrogen and oxygen atoms in total. The van der Waals surface area contributed by atoms with Gasteiger partial charge in [0.2, 0.25) is 0 Å². The number of epoxide rings is 1. The minimum absolute atomic E-state index is 0.351. The van der Waals surface area contributed by atoms with Gasteiger partial charge in [0.25, 0.3) is 0 Å². The third kappa shape index (κ3) is 0.639. The van der Waals surface area contributed by atoms with E-state index in [-0.39, 0.29) is 0 Å². The fraction of sp³-hybridized carbons (Fsp3) is 0.889. The topological polar surface area (TPSA) is 29.6 Å². The first kappa shape index (κ1) is 6.18. The molecule has 0 amide bonds. The van der Waals surface area contributed by atoms with Crippen molar-refractivity contribution in [1.29, 1.82) is 0 Å². The van der Waals surface area contributed by atoms with Gasteiger partial charge >= 0.3 is 0 Å². The Morgan fingerprint density at radius 2 is 2.18 bits per heavy atom. The molecule has 3 rings (SSSR count). The van der Waals surface area contributed by atoms with Crippen LogP contribution in [0.3, 0.4) is 0 Å². The predicted octanol–water partition coefficient (Wildman–Crippen LogP) is 0.999. The molecule has 2 bridgehead atoms. The summed E-state index contributed by atoms with van der Waals surface area (Å²) in [4.78, 5) is 11.1. The van der Waals surface area contributed by atoms with Crippen LogP contribution in [0, 0.1) is 17.8 Å². The van der Waals surface area contributed by atoms with Crippen molar-refractivity contribution in [1.82, 2.24) is 0 Å². The number of ether oxygens (including phenoxy) is 1. The number of rotatable bonds is 1. The van der Waals surface area contributed by atoms with Gasteiger partial charge < -0.3 is 4.74 Å². The largest absolute Gasteiger partial charge is 0.369 e. The second kappa shape index (κ2) is 1.69. The van der Waals surface area contributed by atoms with Crippen LogP contribution in [0.2, 0.25) is 0 Å². The van der Waals surface area contributed by atoms with E-state index in [0.29, 0.717) is 29.8 Å². The molecule has 0 spiro atoms. The van der Waals surface area contributed by atoms with Crippen LogP contribution in [0.15, 0.2) is 0 Å². The summed E-state index contributed by atoms with van der Waals surface area (Å²) < 4.78 is 5.47. The highest BCUT2D eigenvalue weighted by Gasteiger charge is 2.63. The third-order valence-corrected chi connectivity index (χ3v) is 3.62. The Bertz CT molecular complexity index is 224. The fourth-order valence-electron chi connectivity index (χ4n) is 3.07. The fourth-order valence-corrected chi connectivity index (χ4v) is 3.07. The SMILES string of the molecule is CC(=O)C1CC2CC1C1OC21. The van der Waals surface area contributed by atoms with Crippen molar-refractivity contribution in [2.24, 2.45) is 17.8 Å². The van der Waals surface area contributed by atoms with E-state index in [1.165, 1.54) is 6.42 Å². The first-order valence-corrected chi connectivity index (χ1v) is 4.43. The number of ketones is 1. The lowest BCUT2D eigenvalue weighted by Gasteiger charge is -2.14. The zero-order chi connectivity index (χ0) is 7.59. The summed E-state index contributed by atoms with van der Waals surface area (Å²) in [7, 11) is 0. The summed E-state index contributed by atoms with van der Waals surface area (Å²) in [6.07, 6.45) is 3.43. The molecule has 0 N–H and O–H groups in total. The number of fused-ring (bicyclic) bond motifs is 5. The molecule has 2 aliphatic carbocycles. The van der Waals surface area contributed by atoms with Gasteiger partial charge in [-0.3, -0.25) is 4.79 Å². The van der Waals surface area contributed by atoms with E-state index < -0.39 is 0 Å². The van der Waals surface area contributed by atoms with Crippen LogP contribution in [0.25, 0.3) is 0 Å².